The summed E-state index contributed by atoms with van der Waals surface area (Å²) < 4.78 is 33.9. The zero-order chi connectivity index (χ0) is 23.2. The molecule has 0 aliphatic carbocycles. The molecule has 0 radical (unpaired) electrons. The second kappa shape index (κ2) is 7.88. The summed E-state index contributed by atoms with van der Waals surface area (Å²) >= 11 is 0. The van der Waals surface area contributed by atoms with Crippen LogP contribution in [-0.2, 0) is 0 Å². The number of allylic oxidation sites excluding steroid dienone is 1. The van der Waals surface area contributed by atoms with Crippen LogP contribution in [0.3, 0.4) is 0 Å². The average molecular weight is 456 g/mol. The van der Waals surface area contributed by atoms with Crippen LogP contribution >= 0.6 is 0 Å². The van der Waals surface area contributed by atoms with Gasteiger partial charge >= 0.3 is 5.63 Å². The summed E-state index contributed by atoms with van der Waals surface area (Å²) in [5, 5.41) is 0.717. The average Bonchev–Trinajstić information content (AvgIpc) is 3.35. The number of para-hydroxylation sites is 1. The standard InChI is InChI=1S/C27H20O7/c1-29-20-9-7-15(11-23(20)30-2)18-13-22(16-8-10-21-24(12-16)32-14-31-21)33-26-17-5-3-4-6-19(17)34-27(28)25(18)26/h3-13,18H,14H2,1-2H3/t18-/m0/s1. The molecule has 0 saturated heterocycles. The first-order valence-electron chi connectivity index (χ1n) is 10.7. The van der Waals surface area contributed by atoms with Gasteiger partial charge in [-0.3, -0.25) is 0 Å². The first-order valence-corrected chi connectivity index (χ1v) is 10.7. The molecule has 2 aliphatic rings. The highest BCUT2D eigenvalue weighted by Gasteiger charge is 2.31. The Kier molecular flexibility index (Phi) is 4.69. The van der Waals surface area contributed by atoms with E-state index in [1.54, 1.807) is 20.3 Å². The molecule has 170 valence electrons. The first kappa shape index (κ1) is 20.2. The molecule has 1 atom stereocenters. The van der Waals surface area contributed by atoms with Crippen molar-refractivity contribution in [1.82, 2.24) is 0 Å². The maximum absolute atomic E-state index is 13.2. The molecule has 0 bridgehead atoms. The molecule has 0 N–H and O–H groups in total. The number of methoxy groups -OCH3 is 2. The van der Waals surface area contributed by atoms with Crippen molar-refractivity contribution < 1.29 is 28.1 Å². The van der Waals surface area contributed by atoms with Crippen LogP contribution in [0.2, 0.25) is 0 Å². The third-order valence-corrected chi connectivity index (χ3v) is 6.06. The van der Waals surface area contributed by atoms with Crippen molar-refractivity contribution in [2.75, 3.05) is 21.0 Å². The monoisotopic (exact) mass is 456 g/mol. The third-order valence-electron chi connectivity index (χ3n) is 6.06. The van der Waals surface area contributed by atoms with Gasteiger partial charge in [-0.15, -0.1) is 0 Å². The fraction of sp³-hybridized carbons (Fsp3) is 0.148. The van der Waals surface area contributed by atoms with Gasteiger partial charge in [0.05, 0.1) is 25.2 Å². The van der Waals surface area contributed by atoms with Crippen molar-refractivity contribution in [2.45, 2.75) is 5.92 Å². The second-order valence-corrected chi connectivity index (χ2v) is 7.92. The molecule has 4 aromatic rings. The largest absolute Gasteiger partial charge is 0.493 e. The Balaban J connectivity index is 1.58. The van der Waals surface area contributed by atoms with Crippen LogP contribution in [0.5, 0.6) is 28.7 Å². The number of ether oxygens (including phenoxy) is 5. The van der Waals surface area contributed by atoms with Crippen LogP contribution in [0.15, 0.2) is 76.0 Å². The number of hydrogen-bond donors (Lipinski definition) is 0. The van der Waals surface area contributed by atoms with Gasteiger partial charge in [0.1, 0.15) is 17.1 Å². The molecule has 3 aromatic carbocycles. The van der Waals surface area contributed by atoms with Gasteiger partial charge in [-0.05, 0) is 54.1 Å². The topological polar surface area (TPSA) is 76.4 Å². The molecule has 1 aromatic heterocycles. The van der Waals surface area contributed by atoms with Crippen molar-refractivity contribution >= 4 is 16.7 Å². The zero-order valence-electron chi connectivity index (χ0n) is 18.5. The molecule has 0 unspecified atom stereocenters. The Morgan fingerprint density at radius 2 is 1.71 bits per heavy atom. The lowest BCUT2D eigenvalue weighted by Gasteiger charge is -2.26. The lowest BCUT2D eigenvalue weighted by atomic mass is 9.87. The van der Waals surface area contributed by atoms with Gasteiger partial charge in [0.25, 0.3) is 0 Å². The molecular formula is C27H20O7. The van der Waals surface area contributed by atoms with Gasteiger partial charge in [0.15, 0.2) is 23.0 Å². The highest BCUT2D eigenvalue weighted by Crippen LogP contribution is 2.45. The Bertz CT molecular complexity index is 1520. The number of hydrogen-bond acceptors (Lipinski definition) is 7. The minimum atomic E-state index is -0.450. The van der Waals surface area contributed by atoms with Crippen LogP contribution in [0, 0.1) is 0 Å². The molecule has 2 aliphatic heterocycles. The van der Waals surface area contributed by atoms with Gasteiger partial charge in [-0.25, -0.2) is 4.79 Å². The Morgan fingerprint density at radius 1 is 0.882 bits per heavy atom. The van der Waals surface area contributed by atoms with E-state index in [0.29, 0.717) is 51.0 Å². The van der Waals surface area contributed by atoms with E-state index in [1.807, 2.05) is 60.7 Å². The van der Waals surface area contributed by atoms with E-state index in [9.17, 15) is 4.79 Å². The summed E-state index contributed by atoms with van der Waals surface area (Å²) in [4.78, 5) is 13.2. The van der Waals surface area contributed by atoms with Gasteiger partial charge < -0.3 is 28.1 Å². The van der Waals surface area contributed by atoms with Crippen molar-refractivity contribution in [3.63, 3.8) is 0 Å². The SMILES string of the molecule is COc1ccc([C@@H]2C=C(c3ccc4c(c3)OCO4)Oc3c2c(=O)oc2ccccc32)cc1OC. The van der Waals surface area contributed by atoms with Gasteiger partial charge in [-0.1, -0.05) is 18.2 Å². The number of fused-ring (bicyclic) bond motifs is 4. The fourth-order valence-corrected chi connectivity index (χ4v) is 4.41. The highest BCUT2D eigenvalue weighted by atomic mass is 16.7. The summed E-state index contributed by atoms with van der Waals surface area (Å²) in [5.74, 6) is 3.13. The smallest absolute Gasteiger partial charge is 0.344 e. The summed E-state index contributed by atoms with van der Waals surface area (Å²) in [7, 11) is 3.16. The molecule has 0 spiro atoms. The summed E-state index contributed by atoms with van der Waals surface area (Å²) in [6.07, 6.45) is 1.91. The fourth-order valence-electron chi connectivity index (χ4n) is 4.41. The number of rotatable bonds is 4. The minimum absolute atomic E-state index is 0.182. The van der Waals surface area contributed by atoms with Gasteiger partial charge in [-0.2, -0.15) is 0 Å². The van der Waals surface area contributed by atoms with Crippen molar-refractivity contribution in [3.8, 4) is 28.7 Å². The lowest BCUT2D eigenvalue weighted by molar-refractivity contribution is 0.174. The van der Waals surface area contributed by atoms with Crippen LogP contribution in [-0.4, -0.2) is 21.0 Å². The minimum Gasteiger partial charge on any atom is -0.493 e. The quantitative estimate of drug-likeness (QED) is 0.395. The Morgan fingerprint density at radius 3 is 2.56 bits per heavy atom. The molecule has 0 fully saturated rings. The van der Waals surface area contributed by atoms with Crippen molar-refractivity contribution in [1.29, 1.82) is 0 Å². The van der Waals surface area contributed by atoms with Gasteiger partial charge in [0.2, 0.25) is 6.79 Å². The maximum atomic E-state index is 13.2. The predicted molar refractivity (Wildman–Crippen MR) is 125 cm³/mol. The summed E-state index contributed by atoms with van der Waals surface area (Å²) in [6, 6.07) is 18.6. The van der Waals surface area contributed by atoms with E-state index in [-0.39, 0.29) is 6.79 Å². The zero-order valence-corrected chi connectivity index (χ0v) is 18.5. The highest BCUT2D eigenvalue weighted by molar-refractivity contribution is 5.87. The molecule has 34 heavy (non-hydrogen) atoms. The second-order valence-electron chi connectivity index (χ2n) is 7.92. The summed E-state index contributed by atoms with van der Waals surface area (Å²) in [6.45, 7) is 0.182. The van der Waals surface area contributed by atoms with Crippen LogP contribution < -0.4 is 29.3 Å². The van der Waals surface area contributed by atoms with Crippen LogP contribution in [0.1, 0.15) is 22.6 Å². The van der Waals surface area contributed by atoms with E-state index >= 15 is 0 Å². The molecule has 0 saturated carbocycles. The van der Waals surface area contributed by atoms with E-state index in [2.05, 4.69) is 0 Å². The van der Waals surface area contributed by atoms with E-state index in [1.165, 1.54) is 0 Å². The Hall–Kier alpha value is -4.39. The van der Waals surface area contributed by atoms with Crippen molar-refractivity contribution in [3.05, 3.63) is 93.9 Å². The first-order chi connectivity index (χ1) is 16.7. The third kappa shape index (κ3) is 3.16. The predicted octanol–water partition coefficient (Wildman–Crippen LogP) is 5.10. The normalized spacial score (nSPS) is 15.9. The van der Waals surface area contributed by atoms with E-state index < -0.39 is 11.5 Å². The molecule has 0 amide bonds. The maximum Gasteiger partial charge on any atom is 0.344 e. The molecule has 7 heteroatoms. The molecule has 6 rings (SSSR count). The van der Waals surface area contributed by atoms with Crippen LogP contribution in [0.4, 0.5) is 0 Å². The van der Waals surface area contributed by atoms with Crippen LogP contribution in [0.25, 0.3) is 16.7 Å². The van der Waals surface area contributed by atoms with Gasteiger partial charge in [0, 0.05) is 11.5 Å². The molecule has 7 nitrogen and oxygen atoms in total. The number of benzene rings is 3. The Labute approximate surface area is 194 Å². The van der Waals surface area contributed by atoms with Crippen molar-refractivity contribution in [2.24, 2.45) is 0 Å². The lowest BCUT2D eigenvalue weighted by Crippen LogP contribution is -2.19. The van der Waals surface area contributed by atoms with E-state index in [0.717, 1.165) is 11.1 Å². The van der Waals surface area contributed by atoms with E-state index in [4.69, 9.17) is 28.1 Å². The summed E-state index contributed by atoms with van der Waals surface area (Å²) in [5.41, 5.74) is 2.08. The molecular weight excluding hydrogens is 436 g/mol. The molecule has 3 heterocycles.